The van der Waals surface area contributed by atoms with Gasteiger partial charge in [0.2, 0.25) is 0 Å². The monoisotopic (exact) mass is 336 g/mol. The number of hydrogen-bond acceptors (Lipinski definition) is 5. The van der Waals surface area contributed by atoms with E-state index in [2.05, 4.69) is 4.72 Å². The Labute approximate surface area is 129 Å². The fourth-order valence-corrected chi connectivity index (χ4v) is 3.45. The summed E-state index contributed by atoms with van der Waals surface area (Å²) in [5.41, 5.74) is 0.463. The SMILES string of the molecule is CS(=O)(=O)c1ccc(NS(=O)(=O)c2cccc(C#N)c2)cc1. The van der Waals surface area contributed by atoms with Gasteiger partial charge in [-0.2, -0.15) is 5.26 Å². The number of sulfonamides is 1. The summed E-state index contributed by atoms with van der Waals surface area (Å²) in [6.07, 6.45) is 1.07. The molecule has 0 radical (unpaired) electrons. The van der Waals surface area contributed by atoms with E-state index in [1.165, 1.54) is 48.5 Å². The molecular formula is C14H12N2O4S2. The predicted molar refractivity (Wildman–Crippen MR) is 81.5 cm³/mol. The predicted octanol–water partition coefficient (Wildman–Crippen LogP) is 1.76. The molecule has 2 rings (SSSR count). The number of sulfone groups is 1. The molecular weight excluding hydrogens is 324 g/mol. The topological polar surface area (TPSA) is 104 Å². The summed E-state index contributed by atoms with van der Waals surface area (Å²) < 4.78 is 49.5. The van der Waals surface area contributed by atoms with E-state index in [1.54, 1.807) is 0 Å². The van der Waals surface area contributed by atoms with E-state index >= 15 is 0 Å². The Bertz CT molecular complexity index is 941. The van der Waals surface area contributed by atoms with Crippen LogP contribution in [0.15, 0.2) is 58.3 Å². The molecule has 0 fully saturated rings. The smallest absolute Gasteiger partial charge is 0.261 e. The van der Waals surface area contributed by atoms with Gasteiger partial charge in [0.1, 0.15) is 0 Å². The van der Waals surface area contributed by atoms with Crippen LogP contribution in [0.3, 0.4) is 0 Å². The molecule has 0 amide bonds. The zero-order chi connectivity index (χ0) is 16.4. The van der Waals surface area contributed by atoms with Gasteiger partial charge in [0.25, 0.3) is 10.0 Å². The molecule has 0 saturated carbocycles. The van der Waals surface area contributed by atoms with Crippen molar-refractivity contribution in [3.8, 4) is 6.07 Å². The highest BCUT2D eigenvalue weighted by Crippen LogP contribution is 2.19. The van der Waals surface area contributed by atoms with Crippen molar-refractivity contribution in [2.45, 2.75) is 9.79 Å². The molecule has 0 aromatic heterocycles. The number of nitrogens with zero attached hydrogens (tertiary/aromatic N) is 1. The fraction of sp³-hybridized carbons (Fsp3) is 0.0714. The fourth-order valence-electron chi connectivity index (χ4n) is 1.72. The molecule has 1 N–H and O–H groups in total. The molecule has 2 aromatic rings. The van der Waals surface area contributed by atoms with Gasteiger partial charge in [0, 0.05) is 11.9 Å². The van der Waals surface area contributed by atoms with Gasteiger partial charge < -0.3 is 0 Å². The molecule has 0 spiro atoms. The third-order valence-electron chi connectivity index (χ3n) is 2.81. The average Bonchev–Trinajstić information content (AvgIpc) is 2.46. The Kier molecular flexibility index (Phi) is 4.21. The van der Waals surface area contributed by atoms with Crippen LogP contribution in [-0.2, 0) is 19.9 Å². The highest BCUT2D eigenvalue weighted by atomic mass is 32.2. The minimum absolute atomic E-state index is 0.0428. The molecule has 0 heterocycles. The van der Waals surface area contributed by atoms with Crippen LogP contribution < -0.4 is 4.72 Å². The van der Waals surface area contributed by atoms with Crippen LogP contribution in [0.4, 0.5) is 5.69 Å². The van der Waals surface area contributed by atoms with Crippen molar-refractivity contribution in [2.75, 3.05) is 11.0 Å². The molecule has 0 aliphatic carbocycles. The van der Waals surface area contributed by atoms with E-state index in [-0.39, 0.29) is 21.0 Å². The lowest BCUT2D eigenvalue weighted by Gasteiger charge is -2.08. The number of nitriles is 1. The maximum absolute atomic E-state index is 12.2. The number of benzene rings is 2. The lowest BCUT2D eigenvalue weighted by Crippen LogP contribution is -2.13. The number of nitrogens with one attached hydrogen (secondary N) is 1. The number of hydrogen-bond donors (Lipinski definition) is 1. The van der Waals surface area contributed by atoms with Gasteiger partial charge >= 0.3 is 0 Å². The molecule has 114 valence electrons. The van der Waals surface area contributed by atoms with Crippen molar-refractivity contribution < 1.29 is 16.8 Å². The van der Waals surface area contributed by atoms with Gasteiger partial charge in [-0.3, -0.25) is 4.72 Å². The standard InChI is InChI=1S/C14H12N2O4S2/c1-21(17,18)13-7-5-12(6-8-13)16-22(19,20)14-4-2-3-11(9-14)10-15/h2-9,16H,1H3. The first kappa shape index (κ1) is 16.0. The zero-order valence-corrected chi connectivity index (χ0v) is 13.1. The van der Waals surface area contributed by atoms with Crippen molar-refractivity contribution in [3.05, 3.63) is 54.1 Å². The lowest BCUT2D eigenvalue weighted by molar-refractivity contribution is 0.600. The Morgan fingerprint density at radius 1 is 0.955 bits per heavy atom. The summed E-state index contributed by atoms with van der Waals surface area (Å²) in [6, 6.07) is 12.8. The first-order valence-corrected chi connectivity index (χ1v) is 9.43. The van der Waals surface area contributed by atoms with E-state index in [4.69, 9.17) is 5.26 Å². The van der Waals surface area contributed by atoms with Gasteiger partial charge in [-0.05, 0) is 42.5 Å². The van der Waals surface area contributed by atoms with Crippen molar-refractivity contribution in [2.24, 2.45) is 0 Å². The molecule has 0 unspecified atom stereocenters. The van der Waals surface area contributed by atoms with Crippen LogP contribution in [0.25, 0.3) is 0 Å². The number of anilines is 1. The molecule has 22 heavy (non-hydrogen) atoms. The van der Waals surface area contributed by atoms with Crippen molar-refractivity contribution in [1.82, 2.24) is 0 Å². The van der Waals surface area contributed by atoms with Crippen LogP contribution in [0, 0.1) is 11.3 Å². The second kappa shape index (κ2) is 5.79. The molecule has 0 atom stereocenters. The first-order chi connectivity index (χ1) is 10.2. The van der Waals surface area contributed by atoms with Crippen molar-refractivity contribution >= 4 is 25.5 Å². The van der Waals surface area contributed by atoms with Crippen LogP contribution in [-0.4, -0.2) is 23.1 Å². The quantitative estimate of drug-likeness (QED) is 0.916. The van der Waals surface area contributed by atoms with Crippen molar-refractivity contribution in [3.63, 3.8) is 0 Å². The summed E-state index contributed by atoms with van der Waals surface area (Å²) >= 11 is 0. The summed E-state index contributed by atoms with van der Waals surface area (Å²) in [5.74, 6) is 0. The minimum atomic E-state index is -3.84. The second-order valence-corrected chi connectivity index (χ2v) is 8.24. The van der Waals surface area contributed by atoms with E-state index in [0.29, 0.717) is 0 Å². The maximum Gasteiger partial charge on any atom is 0.261 e. The second-order valence-electron chi connectivity index (χ2n) is 4.54. The van der Waals surface area contributed by atoms with Crippen LogP contribution >= 0.6 is 0 Å². The minimum Gasteiger partial charge on any atom is -0.280 e. The maximum atomic E-state index is 12.2. The molecule has 6 nitrogen and oxygen atoms in total. The Morgan fingerprint density at radius 2 is 1.59 bits per heavy atom. The van der Waals surface area contributed by atoms with E-state index in [9.17, 15) is 16.8 Å². The van der Waals surface area contributed by atoms with Crippen LogP contribution in [0.2, 0.25) is 0 Å². The molecule has 0 aliphatic heterocycles. The third kappa shape index (κ3) is 3.63. The normalized spacial score (nSPS) is 11.6. The van der Waals surface area contributed by atoms with E-state index in [1.807, 2.05) is 6.07 Å². The molecule has 0 aliphatic rings. The summed E-state index contributed by atoms with van der Waals surface area (Å²) in [6.45, 7) is 0. The largest absolute Gasteiger partial charge is 0.280 e. The van der Waals surface area contributed by atoms with Gasteiger partial charge in [0.15, 0.2) is 9.84 Å². The number of rotatable bonds is 4. The Morgan fingerprint density at radius 3 is 2.14 bits per heavy atom. The molecule has 0 saturated heterocycles. The van der Waals surface area contributed by atoms with Gasteiger partial charge in [-0.25, -0.2) is 16.8 Å². The Balaban J connectivity index is 2.31. The summed E-state index contributed by atoms with van der Waals surface area (Å²) in [7, 11) is -7.18. The van der Waals surface area contributed by atoms with E-state index in [0.717, 1.165) is 6.26 Å². The molecule has 2 aromatic carbocycles. The lowest BCUT2D eigenvalue weighted by atomic mass is 10.2. The molecule has 0 bridgehead atoms. The van der Waals surface area contributed by atoms with E-state index < -0.39 is 19.9 Å². The van der Waals surface area contributed by atoms with Gasteiger partial charge in [0.05, 0.1) is 21.4 Å². The highest BCUT2D eigenvalue weighted by molar-refractivity contribution is 7.92. The first-order valence-electron chi connectivity index (χ1n) is 6.05. The summed E-state index contributed by atoms with van der Waals surface area (Å²) in [4.78, 5) is 0.0562. The zero-order valence-electron chi connectivity index (χ0n) is 11.5. The van der Waals surface area contributed by atoms with Crippen LogP contribution in [0.1, 0.15) is 5.56 Å². The third-order valence-corrected chi connectivity index (χ3v) is 5.32. The van der Waals surface area contributed by atoms with Crippen LogP contribution in [0.5, 0.6) is 0 Å². The van der Waals surface area contributed by atoms with Gasteiger partial charge in [-0.1, -0.05) is 6.07 Å². The van der Waals surface area contributed by atoms with Crippen molar-refractivity contribution in [1.29, 1.82) is 5.26 Å². The Hall–Kier alpha value is -2.37. The summed E-state index contributed by atoms with van der Waals surface area (Å²) in [5, 5.41) is 8.80. The average molecular weight is 336 g/mol. The molecule has 8 heteroatoms. The highest BCUT2D eigenvalue weighted by Gasteiger charge is 2.15. The van der Waals surface area contributed by atoms with Gasteiger partial charge in [-0.15, -0.1) is 0 Å².